The molecule has 5 heteroatoms. The molecule has 0 aliphatic rings. The van der Waals surface area contributed by atoms with Crippen molar-refractivity contribution in [2.75, 3.05) is 0 Å². The Kier molecular flexibility index (Phi) is 3.10. The van der Waals surface area contributed by atoms with Gasteiger partial charge in [0.05, 0.1) is 0 Å². The molecule has 0 radical (unpaired) electrons. The summed E-state index contributed by atoms with van der Waals surface area (Å²) in [5, 5.41) is 0. The van der Waals surface area contributed by atoms with Crippen LogP contribution in [0.4, 0.5) is 13.2 Å². The Morgan fingerprint density at radius 2 is 1.82 bits per heavy atom. The van der Waals surface area contributed by atoms with Gasteiger partial charge in [0.25, 0.3) is 0 Å². The fourth-order valence-electron chi connectivity index (χ4n) is 0.498. The third-order valence-electron chi connectivity index (χ3n) is 0.683. The number of carbonyl (C=O) groups excluding carboxylic acids is 1. The van der Waals surface area contributed by atoms with Gasteiger partial charge in [-0.25, -0.2) is 0 Å². The van der Waals surface area contributed by atoms with Crippen molar-refractivity contribution in [1.29, 1.82) is 0 Å². The summed E-state index contributed by atoms with van der Waals surface area (Å²) in [6.07, 6.45) is -3.94. The smallest absolute Gasteiger partial charge is 0.411 e. The van der Waals surface area contributed by atoms with Crippen molar-refractivity contribution in [1.82, 2.24) is 0 Å². The number of hydrogen-bond donors (Lipinski definition) is 0. The van der Waals surface area contributed by atoms with Gasteiger partial charge in [-0.1, -0.05) is 0 Å². The van der Waals surface area contributed by atoms with Crippen LogP contribution in [-0.2, 0) is 9.53 Å². The van der Waals surface area contributed by atoms with Crippen molar-refractivity contribution in [2.45, 2.75) is 20.2 Å². The van der Waals surface area contributed by atoms with Gasteiger partial charge < -0.3 is 4.74 Å². The largest absolute Gasteiger partial charge is 0.572 e. The highest BCUT2D eigenvalue weighted by Crippen LogP contribution is 2.19. The summed E-state index contributed by atoms with van der Waals surface area (Å²) in [6.45, 7) is 2.21. The first-order valence-electron chi connectivity index (χ1n) is 2.76. The van der Waals surface area contributed by atoms with E-state index in [2.05, 4.69) is 4.74 Å². The predicted octanol–water partition coefficient (Wildman–Crippen LogP) is 2.02. The van der Waals surface area contributed by atoms with Gasteiger partial charge in [-0.15, -0.1) is 13.2 Å². The molecule has 0 aromatic heterocycles. The molecule has 0 rings (SSSR count). The molecule has 0 saturated heterocycles. The summed E-state index contributed by atoms with van der Waals surface area (Å²) in [4.78, 5) is 10.2. The van der Waals surface area contributed by atoms with Crippen LogP contribution < -0.4 is 0 Å². The predicted molar refractivity (Wildman–Crippen MR) is 31.6 cm³/mol. The van der Waals surface area contributed by atoms with Gasteiger partial charge in [0.15, 0.2) is 5.78 Å². The number of halogens is 3. The van der Waals surface area contributed by atoms with Crippen LogP contribution in [-0.4, -0.2) is 12.1 Å². The molecule has 2 nitrogen and oxygen atoms in total. The van der Waals surface area contributed by atoms with E-state index in [-0.39, 0.29) is 0 Å². The first-order chi connectivity index (χ1) is 4.81. The van der Waals surface area contributed by atoms with Crippen LogP contribution >= 0.6 is 0 Å². The highest BCUT2D eigenvalue weighted by molar-refractivity contribution is 5.87. The summed E-state index contributed by atoms with van der Waals surface area (Å²) in [7, 11) is 0. The SMILES string of the molecule is CC(=O)/C=C(\C)OC(F)(F)F. The molecule has 0 spiro atoms. The van der Waals surface area contributed by atoms with Gasteiger partial charge in [0.2, 0.25) is 0 Å². The van der Waals surface area contributed by atoms with Crippen LogP contribution in [0.1, 0.15) is 13.8 Å². The standard InChI is InChI=1S/C6H7F3O2/c1-4(10)3-5(2)11-6(7,8)9/h3H,1-2H3/b5-3+. The Balaban J connectivity index is 4.07. The van der Waals surface area contributed by atoms with E-state index in [4.69, 9.17) is 0 Å². The molecule has 11 heavy (non-hydrogen) atoms. The highest BCUT2D eigenvalue weighted by atomic mass is 19.4. The zero-order valence-electron chi connectivity index (χ0n) is 6.03. The summed E-state index contributed by atoms with van der Waals surface area (Å²) in [6, 6.07) is 0. The lowest BCUT2D eigenvalue weighted by Gasteiger charge is -2.07. The monoisotopic (exact) mass is 168 g/mol. The maximum Gasteiger partial charge on any atom is 0.572 e. The van der Waals surface area contributed by atoms with Crippen LogP contribution in [0.5, 0.6) is 0 Å². The maximum absolute atomic E-state index is 11.4. The average Bonchev–Trinajstić information content (AvgIpc) is 1.53. The second kappa shape index (κ2) is 3.41. The highest BCUT2D eigenvalue weighted by Gasteiger charge is 2.30. The van der Waals surface area contributed by atoms with Gasteiger partial charge in [-0.2, -0.15) is 0 Å². The molecule has 0 aliphatic heterocycles. The molecule has 0 aromatic rings. The van der Waals surface area contributed by atoms with Crippen molar-refractivity contribution in [2.24, 2.45) is 0 Å². The molecular formula is C6H7F3O2. The third-order valence-corrected chi connectivity index (χ3v) is 0.683. The number of hydrogen-bond acceptors (Lipinski definition) is 2. The van der Waals surface area contributed by atoms with E-state index in [1.165, 1.54) is 0 Å². The molecule has 0 fully saturated rings. The van der Waals surface area contributed by atoms with Gasteiger partial charge in [-0.05, 0) is 13.8 Å². The van der Waals surface area contributed by atoms with E-state index in [9.17, 15) is 18.0 Å². The van der Waals surface area contributed by atoms with E-state index in [1.807, 2.05) is 0 Å². The first-order valence-corrected chi connectivity index (χ1v) is 2.76. The van der Waals surface area contributed by atoms with Crippen LogP contribution in [0.3, 0.4) is 0 Å². The topological polar surface area (TPSA) is 26.3 Å². The lowest BCUT2D eigenvalue weighted by Crippen LogP contribution is -2.12. The molecule has 0 amide bonds. The first kappa shape index (κ1) is 10.0. The van der Waals surface area contributed by atoms with Gasteiger partial charge in [0.1, 0.15) is 5.76 Å². The van der Waals surface area contributed by atoms with Crippen LogP contribution in [0.15, 0.2) is 11.8 Å². The molecule has 0 N–H and O–H groups in total. The summed E-state index contributed by atoms with van der Waals surface area (Å²) >= 11 is 0. The number of carbonyl (C=O) groups is 1. The Labute approximate surface area is 61.6 Å². The summed E-state index contributed by atoms with van der Waals surface area (Å²) in [5.74, 6) is -0.934. The fraction of sp³-hybridized carbons (Fsp3) is 0.500. The van der Waals surface area contributed by atoms with E-state index in [0.717, 1.165) is 19.9 Å². The fourth-order valence-corrected chi connectivity index (χ4v) is 0.498. The second-order valence-corrected chi connectivity index (χ2v) is 1.91. The van der Waals surface area contributed by atoms with Crippen molar-refractivity contribution in [3.8, 4) is 0 Å². The van der Waals surface area contributed by atoms with Crippen LogP contribution in [0, 0.1) is 0 Å². The second-order valence-electron chi connectivity index (χ2n) is 1.91. The molecule has 0 bridgehead atoms. The lowest BCUT2D eigenvalue weighted by atomic mass is 10.4. The van der Waals surface area contributed by atoms with Gasteiger partial charge in [-0.3, -0.25) is 4.79 Å². The van der Waals surface area contributed by atoms with E-state index >= 15 is 0 Å². The molecule has 0 heterocycles. The van der Waals surface area contributed by atoms with Crippen molar-refractivity contribution < 1.29 is 22.7 Å². The average molecular weight is 168 g/mol. The molecular weight excluding hydrogens is 161 g/mol. The number of rotatable bonds is 2. The molecule has 0 unspecified atom stereocenters. The number of alkyl halides is 3. The number of ether oxygens (including phenoxy) is 1. The Morgan fingerprint density at radius 1 is 1.36 bits per heavy atom. The van der Waals surface area contributed by atoms with Crippen molar-refractivity contribution in [3.63, 3.8) is 0 Å². The van der Waals surface area contributed by atoms with Gasteiger partial charge in [0, 0.05) is 6.08 Å². The molecule has 0 aromatic carbocycles. The number of ketones is 1. The minimum absolute atomic E-state index is 0.454. The van der Waals surface area contributed by atoms with E-state index in [0.29, 0.717) is 0 Å². The minimum Gasteiger partial charge on any atom is -0.411 e. The van der Waals surface area contributed by atoms with E-state index in [1.54, 1.807) is 0 Å². The normalized spacial score (nSPS) is 13.0. The third kappa shape index (κ3) is 6.89. The van der Waals surface area contributed by atoms with Crippen LogP contribution in [0.25, 0.3) is 0 Å². The molecule has 0 atom stereocenters. The summed E-state index contributed by atoms with van der Waals surface area (Å²) < 4.78 is 37.5. The quantitative estimate of drug-likeness (QED) is 0.465. The van der Waals surface area contributed by atoms with Crippen molar-refractivity contribution >= 4 is 5.78 Å². The molecule has 64 valence electrons. The zero-order chi connectivity index (χ0) is 9.07. The minimum atomic E-state index is -4.71. The number of allylic oxidation sites excluding steroid dienone is 2. The molecule has 0 saturated carbocycles. The lowest BCUT2D eigenvalue weighted by molar-refractivity contribution is -0.305. The molecule has 0 aliphatic carbocycles. The van der Waals surface area contributed by atoms with Gasteiger partial charge >= 0.3 is 6.36 Å². The van der Waals surface area contributed by atoms with E-state index < -0.39 is 17.9 Å². The maximum atomic E-state index is 11.4. The zero-order valence-corrected chi connectivity index (χ0v) is 6.03. The Bertz CT molecular complexity index is 181. The van der Waals surface area contributed by atoms with Crippen LogP contribution in [0.2, 0.25) is 0 Å². The Morgan fingerprint density at radius 3 is 2.09 bits per heavy atom. The van der Waals surface area contributed by atoms with Crippen molar-refractivity contribution in [3.05, 3.63) is 11.8 Å². The Hall–Kier alpha value is -1.00. The summed E-state index contributed by atoms with van der Waals surface area (Å²) in [5.41, 5.74) is 0.